The van der Waals surface area contributed by atoms with Gasteiger partial charge in [0.15, 0.2) is 0 Å². The highest BCUT2D eigenvalue weighted by atomic mass is 19.1. The standard InChI is InChI=1S/C15H22F2N2O/c1-9(2)8-18-15(20)11(4)19-10(3)13-6-5-12(16)7-14(13)17/h5-7,9-11,19H,8H2,1-4H3,(H,18,20)/t10-,11-/m1/s1. The molecular formula is C15H22F2N2O. The molecule has 0 radical (unpaired) electrons. The lowest BCUT2D eigenvalue weighted by Gasteiger charge is -2.21. The zero-order valence-corrected chi connectivity index (χ0v) is 12.3. The van der Waals surface area contributed by atoms with Crippen LogP contribution in [0.4, 0.5) is 8.78 Å². The van der Waals surface area contributed by atoms with Crippen LogP contribution < -0.4 is 10.6 Å². The number of nitrogens with one attached hydrogen (secondary N) is 2. The molecule has 0 bridgehead atoms. The van der Waals surface area contributed by atoms with E-state index in [4.69, 9.17) is 0 Å². The SMILES string of the molecule is CC(C)CNC(=O)[C@@H](C)N[C@H](C)c1ccc(F)cc1F. The maximum atomic E-state index is 13.6. The molecule has 1 aromatic rings. The summed E-state index contributed by atoms with van der Waals surface area (Å²) in [7, 11) is 0. The van der Waals surface area contributed by atoms with Crippen molar-refractivity contribution in [3.8, 4) is 0 Å². The highest BCUT2D eigenvalue weighted by Gasteiger charge is 2.18. The fourth-order valence-corrected chi connectivity index (χ4v) is 1.85. The van der Waals surface area contributed by atoms with Crippen molar-refractivity contribution < 1.29 is 13.6 Å². The number of hydrogen-bond donors (Lipinski definition) is 2. The van der Waals surface area contributed by atoms with Crippen LogP contribution in [0.3, 0.4) is 0 Å². The first-order chi connectivity index (χ1) is 9.31. The summed E-state index contributed by atoms with van der Waals surface area (Å²) in [5, 5.41) is 5.81. The topological polar surface area (TPSA) is 41.1 Å². The van der Waals surface area contributed by atoms with Crippen LogP contribution in [0.15, 0.2) is 18.2 Å². The van der Waals surface area contributed by atoms with E-state index in [1.165, 1.54) is 12.1 Å². The molecule has 0 unspecified atom stereocenters. The first kappa shape index (κ1) is 16.6. The Morgan fingerprint density at radius 1 is 1.20 bits per heavy atom. The molecule has 2 atom stereocenters. The van der Waals surface area contributed by atoms with E-state index in [2.05, 4.69) is 10.6 Å². The lowest BCUT2D eigenvalue weighted by Crippen LogP contribution is -2.44. The van der Waals surface area contributed by atoms with Crippen LogP contribution in [0.5, 0.6) is 0 Å². The van der Waals surface area contributed by atoms with Gasteiger partial charge in [0, 0.05) is 24.2 Å². The quantitative estimate of drug-likeness (QED) is 0.843. The molecule has 0 aromatic heterocycles. The van der Waals surface area contributed by atoms with Crippen molar-refractivity contribution in [2.75, 3.05) is 6.54 Å². The summed E-state index contributed by atoms with van der Waals surface area (Å²) in [5.74, 6) is -0.979. The molecule has 0 fully saturated rings. The second-order valence-electron chi connectivity index (χ2n) is 5.41. The fourth-order valence-electron chi connectivity index (χ4n) is 1.85. The van der Waals surface area contributed by atoms with Crippen molar-refractivity contribution >= 4 is 5.91 Å². The Kier molecular flexibility index (Phi) is 6.07. The summed E-state index contributed by atoms with van der Waals surface area (Å²) in [5.41, 5.74) is 0.343. The zero-order valence-electron chi connectivity index (χ0n) is 12.3. The van der Waals surface area contributed by atoms with Crippen molar-refractivity contribution in [3.05, 3.63) is 35.4 Å². The number of carbonyl (C=O) groups is 1. The molecule has 0 aliphatic carbocycles. The van der Waals surface area contributed by atoms with E-state index in [1.807, 2.05) is 13.8 Å². The lowest BCUT2D eigenvalue weighted by atomic mass is 10.1. The first-order valence-electron chi connectivity index (χ1n) is 6.80. The van der Waals surface area contributed by atoms with Crippen molar-refractivity contribution in [2.24, 2.45) is 5.92 Å². The van der Waals surface area contributed by atoms with Gasteiger partial charge in [-0.2, -0.15) is 0 Å². The van der Waals surface area contributed by atoms with Gasteiger partial charge in [-0.25, -0.2) is 8.78 Å². The Hall–Kier alpha value is -1.49. The molecule has 1 aromatic carbocycles. The Labute approximate surface area is 118 Å². The number of amides is 1. The molecule has 0 aliphatic heterocycles. The molecule has 112 valence electrons. The number of halogens is 2. The van der Waals surface area contributed by atoms with Gasteiger partial charge in [-0.3, -0.25) is 10.1 Å². The van der Waals surface area contributed by atoms with E-state index >= 15 is 0 Å². The summed E-state index contributed by atoms with van der Waals surface area (Å²) in [6.45, 7) is 8.07. The highest BCUT2D eigenvalue weighted by molar-refractivity contribution is 5.81. The summed E-state index contributed by atoms with van der Waals surface area (Å²) in [6.07, 6.45) is 0. The van der Waals surface area contributed by atoms with Gasteiger partial charge in [-0.1, -0.05) is 19.9 Å². The zero-order chi connectivity index (χ0) is 15.3. The van der Waals surface area contributed by atoms with Crippen LogP contribution in [0.2, 0.25) is 0 Å². The van der Waals surface area contributed by atoms with Gasteiger partial charge in [0.05, 0.1) is 6.04 Å². The predicted molar refractivity (Wildman–Crippen MR) is 75.2 cm³/mol. The van der Waals surface area contributed by atoms with Crippen molar-refractivity contribution in [1.29, 1.82) is 0 Å². The van der Waals surface area contributed by atoms with Gasteiger partial charge in [-0.05, 0) is 25.8 Å². The molecule has 20 heavy (non-hydrogen) atoms. The van der Waals surface area contributed by atoms with E-state index in [9.17, 15) is 13.6 Å². The molecule has 0 heterocycles. The Morgan fingerprint density at radius 3 is 2.40 bits per heavy atom. The molecular weight excluding hydrogens is 262 g/mol. The second kappa shape index (κ2) is 7.33. The van der Waals surface area contributed by atoms with Crippen molar-refractivity contribution in [3.63, 3.8) is 0 Å². The number of benzene rings is 1. The van der Waals surface area contributed by atoms with Crippen LogP contribution in [0.25, 0.3) is 0 Å². The van der Waals surface area contributed by atoms with E-state index in [-0.39, 0.29) is 11.9 Å². The number of rotatable bonds is 6. The van der Waals surface area contributed by atoms with Crippen LogP contribution in [-0.4, -0.2) is 18.5 Å². The minimum absolute atomic E-state index is 0.131. The molecule has 0 saturated heterocycles. The van der Waals surface area contributed by atoms with Crippen LogP contribution in [0.1, 0.15) is 39.3 Å². The van der Waals surface area contributed by atoms with Crippen LogP contribution in [-0.2, 0) is 4.79 Å². The monoisotopic (exact) mass is 284 g/mol. The van der Waals surface area contributed by atoms with Gasteiger partial charge in [-0.15, -0.1) is 0 Å². The van der Waals surface area contributed by atoms with E-state index in [1.54, 1.807) is 13.8 Å². The summed E-state index contributed by atoms with van der Waals surface area (Å²) >= 11 is 0. The Balaban J connectivity index is 2.60. The third kappa shape index (κ3) is 4.89. The smallest absolute Gasteiger partial charge is 0.236 e. The second-order valence-corrected chi connectivity index (χ2v) is 5.41. The maximum absolute atomic E-state index is 13.6. The minimum atomic E-state index is -0.611. The lowest BCUT2D eigenvalue weighted by molar-refractivity contribution is -0.123. The molecule has 5 heteroatoms. The minimum Gasteiger partial charge on any atom is -0.354 e. The summed E-state index contributed by atoms with van der Waals surface area (Å²) < 4.78 is 26.5. The van der Waals surface area contributed by atoms with Gasteiger partial charge in [0.1, 0.15) is 11.6 Å². The van der Waals surface area contributed by atoms with Gasteiger partial charge >= 0.3 is 0 Å². The molecule has 1 amide bonds. The summed E-state index contributed by atoms with van der Waals surface area (Å²) in [6, 6.07) is 2.61. The molecule has 0 saturated carbocycles. The average Bonchev–Trinajstić information content (AvgIpc) is 2.35. The van der Waals surface area contributed by atoms with E-state index < -0.39 is 17.7 Å². The third-order valence-corrected chi connectivity index (χ3v) is 3.01. The number of hydrogen-bond acceptors (Lipinski definition) is 2. The van der Waals surface area contributed by atoms with E-state index in [0.717, 1.165) is 6.07 Å². The Morgan fingerprint density at radius 2 is 1.85 bits per heavy atom. The molecule has 0 aliphatic rings. The van der Waals surface area contributed by atoms with Gasteiger partial charge in [0.25, 0.3) is 0 Å². The van der Waals surface area contributed by atoms with Crippen LogP contribution in [0, 0.1) is 17.6 Å². The molecule has 3 nitrogen and oxygen atoms in total. The third-order valence-electron chi connectivity index (χ3n) is 3.01. The van der Waals surface area contributed by atoms with Crippen molar-refractivity contribution in [2.45, 2.75) is 39.8 Å². The molecule has 0 spiro atoms. The highest BCUT2D eigenvalue weighted by Crippen LogP contribution is 2.18. The fraction of sp³-hybridized carbons (Fsp3) is 0.533. The predicted octanol–water partition coefficient (Wildman–Crippen LogP) is 2.78. The first-order valence-corrected chi connectivity index (χ1v) is 6.80. The van der Waals surface area contributed by atoms with Crippen LogP contribution >= 0.6 is 0 Å². The molecule has 1 rings (SSSR count). The van der Waals surface area contributed by atoms with Gasteiger partial charge in [0.2, 0.25) is 5.91 Å². The van der Waals surface area contributed by atoms with E-state index in [0.29, 0.717) is 18.0 Å². The average molecular weight is 284 g/mol. The van der Waals surface area contributed by atoms with Gasteiger partial charge < -0.3 is 5.32 Å². The maximum Gasteiger partial charge on any atom is 0.236 e. The molecule has 2 N–H and O–H groups in total. The normalized spacial score (nSPS) is 14.2. The van der Waals surface area contributed by atoms with Crippen molar-refractivity contribution in [1.82, 2.24) is 10.6 Å². The number of carbonyl (C=O) groups excluding carboxylic acids is 1. The summed E-state index contributed by atoms with van der Waals surface area (Å²) in [4.78, 5) is 11.8. The largest absolute Gasteiger partial charge is 0.354 e. The Bertz CT molecular complexity index is 463.